The van der Waals surface area contributed by atoms with E-state index in [-0.39, 0.29) is 11.8 Å². The second-order valence-electron chi connectivity index (χ2n) is 5.92. The van der Waals surface area contributed by atoms with E-state index in [4.69, 9.17) is 0 Å². The summed E-state index contributed by atoms with van der Waals surface area (Å²) in [7, 11) is -3.24. The van der Waals surface area contributed by atoms with E-state index in [1.807, 2.05) is 42.6 Å². The van der Waals surface area contributed by atoms with Crippen molar-refractivity contribution in [1.29, 1.82) is 0 Å². The van der Waals surface area contributed by atoms with Gasteiger partial charge < -0.3 is 0 Å². The maximum absolute atomic E-state index is 12.8. The van der Waals surface area contributed by atoms with E-state index in [2.05, 4.69) is 6.07 Å². The first-order chi connectivity index (χ1) is 10.5. The minimum atomic E-state index is -3.24. The molecule has 2 aromatic rings. The van der Waals surface area contributed by atoms with Gasteiger partial charge >= 0.3 is 0 Å². The number of rotatable bonds is 7. The number of nitrogens with zero attached hydrogens (tertiary/aromatic N) is 1. The van der Waals surface area contributed by atoms with E-state index in [9.17, 15) is 8.42 Å². The molecule has 3 rings (SSSR count). The molecular formula is C17H21NO2S2. The van der Waals surface area contributed by atoms with Crippen LogP contribution in [0.1, 0.15) is 28.8 Å². The van der Waals surface area contributed by atoms with E-state index < -0.39 is 10.0 Å². The highest BCUT2D eigenvalue weighted by atomic mass is 32.2. The van der Waals surface area contributed by atoms with Crippen molar-refractivity contribution >= 4 is 21.4 Å². The fourth-order valence-electron chi connectivity index (χ4n) is 2.68. The van der Waals surface area contributed by atoms with Gasteiger partial charge in [0.05, 0.1) is 5.75 Å². The Labute approximate surface area is 136 Å². The van der Waals surface area contributed by atoms with E-state index in [0.29, 0.717) is 6.54 Å². The van der Waals surface area contributed by atoms with Gasteiger partial charge in [-0.1, -0.05) is 35.9 Å². The Balaban J connectivity index is 1.72. The first-order valence-corrected chi connectivity index (χ1v) is 10.1. The quantitative estimate of drug-likeness (QED) is 0.775. The van der Waals surface area contributed by atoms with Crippen LogP contribution in [-0.4, -0.2) is 25.3 Å². The Kier molecular flexibility index (Phi) is 4.66. The molecule has 0 spiro atoms. The molecule has 1 fully saturated rings. The molecule has 0 radical (unpaired) electrons. The van der Waals surface area contributed by atoms with Crippen LogP contribution in [0.3, 0.4) is 0 Å². The van der Waals surface area contributed by atoms with Crippen LogP contribution in [0.2, 0.25) is 0 Å². The van der Waals surface area contributed by atoms with Crippen molar-refractivity contribution in [2.24, 2.45) is 0 Å². The molecular weight excluding hydrogens is 314 g/mol. The van der Waals surface area contributed by atoms with Crippen molar-refractivity contribution in [2.45, 2.75) is 38.0 Å². The summed E-state index contributed by atoms with van der Waals surface area (Å²) in [4.78, 5) is 1.25. The van der Waals surface area contributed by atoms with Crippen LogP contribution in [-0.2, 0) is 22.2 Å². The summed E-state index contributed by atoms with van der Waals surface area (Å²) in [5, 5.41) is 2.04. The van der Waals surface area contributed by atoms with Crippen LogP contribution in [0.5, 0.6) is 0 Å². The van der Waals surface area contributed by atoms with E-state index >= 15 is 0 Å². The van der Waals surface area contributed by atoms with Crippen molar-refractivity contribution in [3.05, 3.63) is 57.8 Å². The van der Waals surface area contributed by atoms with Gasteiger partial charge in [0.15, 0.2) is 0 Å². The first kappa shape index (κ1) is 15.7. The Morgan fingerprint density at radius 2 is 2.05 bits per heavy atom. The smallest absolute Gasteiger partial charge is 0.212 e. The topological polar surface area (TPSA) is 37.4 Å². The van der Waals surface area contributed by atoms with Crippen LogP contribution in [0.25, 0.3) is 0 Å². The zero-order valence-corrected chi connectivity index (χ0v) is 14.4. The summed E-state index contributed by atoms with van der Waals surface area (Å²) < 4.78 is 27.3. The average molecular weight is 335 g/mol. The second kappa shape index (κ2) is 6.52. The highest BCUT2D eigenvalue weighted by Crippen LogP contribution is 2.31. The summed E-state index contributed by atoms with van der Waals surface area (Å²) in [5.41, 5.74) is 1.98. The number of thiophene rings is 1. The molecule has 0 bridgehead atoms. The van der Waals surface area contributed by atoms with Crippen molar-refractivity contribution in [3.63, 3.8) is 0 Å². The molecule has 1 saturated carbocycles. The van der Waals surface area contributed by atoms with Crippen molar-refractivity contribution in [2.75, 3.05) is 6.54 Å². The third kappa shape index (κ3) is 3.97. The maximum Gasteiger partial charge on any atom is 0.218 e. The normalized spacial score (nSPS) is 15.4. The predicted molar refractivity (Wildman–Crippen MR) is 91.6 cm³/mol. The molecule has 1 aromatic carbocycles. The molecule has 118 valence electrons. The minimum absolute atomic E-state index is 0.107. The molecule has 5 heteroatoms. The average Bonchev–Trinajstić information content (AvgIpc) is 3.13. The molecule has 0 amide bonds. The summed E-state index contributed by atoms with van der Waals surface area (Å²) in [6.07, 6.45) is 2.80. The van der Waals surface area contributed by atoms with E-state index in [0.717, 1.165) is 30.4 Å². The Morgan fingerprint density at radius 1 is 1.23 bits per heavy atom. The molecule has 22 heavy (non-hydrogen) atoms. The number of aryl methyl sites for hydroxylation is 1. The lowest BCUT2D eigenvalue weighted by molar-refractivity contribution is 0.407. The molecule has 1 heterocycles. The van der Waals surface area contributed by atoms with E-state index in [1.165, 1.54) is 4.88 Å². The van der Waals surface area contributed by atoms with Gasteiger partial charge in [-0.2, -0.15) is 4.31 Å². The molecule has 0 atom stereocenters. The van der Waals surface area contributed by atoms with Gasteiger partial charge in [0, 0.05) is 17.5 Å². The lowest BCUT2D eigenvalue weighted by Gasteiger charge is -2.21. The Bertz CT molecular complexity index is 719. The summed E-state index contributed by atoms with van der Waals surface area (Å²) >= 11 is 1.69. The number of hydrogen-bond acceptors (Lipinski definition) is 3. The SMILES string of the molecule is Cc1cccc(CS(=O)(=O)N(CCc2cccs2)C2CC2)c1. The van der Waals surface area contributed by atoms with Crippen molar-refractivity contribution in [1.82, 2.24) is 4.31 Å². The van der Waals surface area contributed by atoms with Crippen LogP contribution < -0.4 is 0 Å². The zero-order chi connectivity index (χ0) is 15.6. The minimum Gasteiger partial charge on any atom is -0.212 e. The van der Waals surface area contributed by atoms with Gasteiger partial charge in [-0.15, -0.1) is 11.3 Å². The van der Waals surface area contributed by atoms with Gasteiger partial charge in [0.2, 0.25) is 10.0 Å². The molecule has 1 aromatic heterocycles. The second-order valence-corrected chi connectivity index (χ2v) is 8.87. The third-order valence-electron chi connectivity index (χ3n) is 3.90. The van der Waals surface area contributed by atoms with Crippen LogP contribution in [0.4, 0.5) is 0 Å². The van der Waals surface area contributed by atoms with Crippen LogP contribution >= 0.6 is 11.3 Å². The van der Waals surface area contributed by atoms with Crippen LogP contribution in [0.15, 0.2) is 41.8 Å². The van der Waals surface area contributed by atoms with Gasteiger partial charge in [0.1, 0.15) is 0 Å². The lowest BCUT2D eigenvalue weighted by Crippen LogP contribution is -2.35. The van der Waals surface area contributed by atoms with E-state index in [1.54, 1.807) is 15.6 Å². The molecule has 1 aliphatic carbocycles. The summed E-state index contributed by atoms with van der Waals surface area (Å²) in [6, 6.07) is 12.1. The Hall–Kier alpha value is -1.17. The molecule has 3 nitrogen and oxygen atoms in total. The van der Waals surface area contributed by atoms with Gasteiger partial charge in [-0.05, 0) is 43.2 Å². The molecule has 0 N–H and O–H groups in total. The molecule has 1 aliphatic rings. The van der Waals surface area contributed by atoms with Gasteiger partial charge in [-0.3, -0.25) is 0 Å². The standard InChI is InChI=1S/C17H21NO2S2/c1-14-4-2-5-15(12-14)13-22(19,20)18(16-7-8-16)10-9-17-6-3-11-21-17/h2-6,11-12,16H,7-10,13H2,1H3. The number of benzene rings is 1. The monoisotopic (exact) mass is 335 g/mol. The summed E-state index contributed by atoms with van der Waals surface area (Å²) in [5.74, 6) is 0.107. The Morgan fingerprint density at radius 3 is 2.68 bits per heavy atom. The fraction of sp³-hybridized carbons (Fsp3) is 0.412. The highest BCUT2D eigenvalue weighted by molar-refractivity contribution is 7.88. The predicted octanol–water partition coefficient (Wildman–Crippen LogP) is 3.59. The molecule has 0 unspecified atom stereocenters. The van der Waals surface area contributed by atoms with Crippen LogP contribution in [0, 0.1) is 6.92 Å². The fourth-order valence-corrected chi connectivity index (χ4v) is 5.18. The van der Waals surface area contributed by atoms with Gasteiger partial charge in [0.25, 0.3) is 0 Å². The van der Waals surface area contributed by atoms with Crippen molar-refractivity contribution < 1.29 is 8.42 Å². The highest BCUT2D eigenvalue weighted by Gasteiger charge is 2.36. The molecule has 0 aliphatic heterocycles. The number of hydrogen-bond donors (Lipinski definition) is 0. The first-order valence-electron chi connectivity index (χ1n) is 7.62. The number of sulfonamides is 1. The third-order valence-corrected chi connectivity index (χ3v) is 6.73. The van der Waals surface area contributed by atoms with Gasteiger partial charge in [-0.25, -0.2) is 8.42 Å². The largest absolute Gasteiger partial charge is 0.218 e. The molecule has 0 saturated heterocycles. The summed E-state index contributed by atoms with van der Waals surface area (Å²) in [6.45, 7) is 2.59. The van der Waals surface area contributed by atoms with Crippen molar-refractivity contribution in [3.8, 4) is 0 Å². The zero-order valence-electron chi connectivity index (χ0n) is 12.7. The maximum atomic E-state index is 12.8. The lowest BCUT2D eigenvalue weighted by atomic mass is 10.2.